The van der Waals surface area contributed by atoms with Gasteiger partial charge >= 0.3 is 0 Å². The van der Waals surface area contributed by atoms with Crippen molar-refractivity contribution >= 4 is 10.0 Å². The van der Waals surface area contributed by atoms with E-state index >= 15 is 0 Å². The molecule has 0 aromatic heterocycles. The maximum absolute atomic E-state index is 12.0. The molecule has 5 heteroatoms. The molecule has 1 heterocycles. The molecule has 2 fully saturated rings. The molecule has 94 valence electrons. The molecule has 4 nitrogen and oxygen atoms in total. The molecule has 0 aromatic carbocycles. The lowest BCUT2D eigenvalue weighted by molar-refractivity contribution is 0.246. The molecule has 0 radical (unpaired) electrons. The Morgan fingerprint density at radius 3 is 2.75 bits per heavy atom. The van der Waals surface area contributed by atoms with Crippen LogP contribution in [0.5, 0.6) is 0 Å². The summed E-state index contributed by atoms with van der Waals surface area (Å²) in [6.45, 7) is 4.41. The average Bonchev–Trinajstić information content (AvgIpc) is 2.59. The summed E-state index contributed by atoms with van der Waals surface area (Å²) in [6.07, 6.45) is 5.36. The van der Waals surface area contributed by atoms with Crippen molar-refractivity contribution in [2.45, 2.75) is 62.8 Å². The van der Waals surface area contributed by atoms with Crippen molar-refractivity contribution in [1.29, 1.82) is 0 Å². The van der Waals surface area contributed by atoms with Crippen molar-refractivity contribution in [2.75, 3.05) is 6.54 Å². The van der Waals surface area contributed by atoms with E-state index in [4.69, 9.17) is 0 Å². The van der Waals surface area contributed by atoms with Crippen LogP contribution in [0.15, 0.2) is 0 Å². The third-order valence-electron chi connectivity index (χ3n) is 3.96. The molecule has 1 aliphatic heterocycles. The Labute approximate surface area is 98.2 Å². The second-order valence-corrected chi connectivity index (χ2v) is 7.59. The van der Waals surface area contributed by atoms with E-state index in [0.717, 1.165) is 32.2 Å². The van der Waals surface area contributed by atoms with Crippen LogP contribution in [0.4, 0.5) is 0 Å². The molecule has 16 heavy (non-hydrogen) atoms. The molecule has 2 unspecified atom stereocenters. The lowest BCUT2D eigenvalue weighted by Gasteiger charge is -2.39. The number of hydrogen-bond donors (Lipinski definition) is 2. The molecule has 2 N–H and O–H groups in total. The van der Waals surface area contributed by atoms with E-state index < -0.39 is 10.0 Å². The largest absolute Gasteiger partial charge is 0.312 e. The van der Waals surface area contributed by atoms with E-state index in [1.807, 2.05) is 0 Å². The lowest BCUT2D eigenvalue weighted by atomic mass is 9.79. The summed E-state index contributed by atoms with van der Waals surface area (Å²) in [5.41, 5.74) is -0.193. The van der Waals surface area contributed by atoms with Gasteiger partial charge in [-0.2, -0.15) is 0 Å². The molecule has 0 bridgehead atoms. The summed E-state index contributed by atoms with van der Waals surface area (Å²) < 4.78 is 27.0. The number of sulfonamides is 1. The smallest absolute Gasteiger partial charge is 0.214 e. The third-order valence-corrected chi connectivity index (χ3v) is 5.89. The Hall–Kier alpha value is -0.130. The third kappa shape index (κ3) is 2.13. The number of rotatable bonds is 3. The van der Waals surface area contributed by atoms with Crippen LogP contribution in [-0.4, -0.2) is 31.8 Å². The predicted octanol–water partition coefficient (Wildman–Crippen LogP) is 0.989. The highest BCUT2D eigenvalue weighted by Gasteiger charge is 2.46. The fourth-order valence-corrected chi connectivity index (χ4v) is 4.03. The van der Waals surface area contributed by atoms with Crippen LogP contribution in [-0.2, 0) is 10.0 Å². The summed E-state index contributed by atoms with van der Waals surface area (Å²) in [6, 6.07) is 0.342. The van der Waals surface area contributed by atoms with Gasteiger partial charge in [0, 0.05) is 11.6 Å². The maximum Gasteiger partial charge on any atom is 0.214 e. The Kier molecular flexibility index (Phi) is 3.29. The van der Waals surface area contributed by atoms with E-state index in [1.54, 1.807) is 13.8 Å². The fraction of sp³-hybridized carbons (Fsp3) is 1.00. The Morgan fingerprint density at radius 1 is 1.31 bits per heavy atom. The monoisotopic (exact) mass is 246 g/mol. The highest BCUT2D eigenvalue weighted by molar-refractivity contribution is 7.90. The van der Waals surface area contributed by atoms with Gasteiger partial charge in [0.25, 0.3) is 0 Å². The normalized spacial score (nSPS) is 35.3. The highest BCUT2D eigenvalue weighted by atomic mass is 32.2. The molecule has 0 spiro atoms. The maximum atomic E-state index is 12.0. The van der Waals surface area contributed by atoms with E-state index in [0.29, 0.717) is 6.04 Å². The Balaban J connectivity index is 2.18. The van der Waals surface area contributed by atoms with E-state index in [-0.39, 0.29) is 10.8 Å². The van der Waals surface area contributed by atoms with Crippen LogP contribution in [0, 0.1) is 0 Å². The van der Waals surface area contributed by atoms with Crippen LogP contribution in [0.2, 0.25) is 0 Å². The van der Waals surface area contributed by atoms with Gasteiger partial charge in [0.05, 0.1) is 5.25 Å². The number of nitrogens with one attached hydrogen (secondary N) is 2. The highest BCUT2D eigenvalue weighted by Crippen LogP contribution is 2.35. The van der Waals surface area contributed by atoms with Crippen molar-refractivity contribution in [2.24, 2.45) is 0 Å². The topological polar surface area (TPSA) is 58.2 Å². The summed E-state index contributed by atoms with van der Waals surface area (Å²) in [5.74, 6) is 0. The van der Waals surface area contributed by atoms with Gasteiger partial charge in [-0.25, -0.2) is 13.1 Å². The molecule has 1 saturated heterocycles. The van der Waals surface area contributed by atoms with Crippen LogP contribution in [0.3, 0.4) is 0 Å². The molecule has 0 aromatic rings. The van der Waals surface area contributed by atoms with Gasteiger partial charge in [-0.1, -0.05) is 12.8 Å². The second kappa shape index (κ2) is 4.27. The van der Waals surface area contributed by atoms with Gasteiger partial charge < -0.3 is 5.32 Å². The van der Waals surface area contributed by atoms with Crippen LogP contribution in [0.1, 0.15) is 46.0 Å². The molecule has 1 aliphatic carbocycles. The Morgan fingerprint density at radius 2 is 2.06 bits per heavy atom. The molecular weight excluding hydrogens is 224 g/mol. The van der Waals surface area contributed by atoms with Crippen LogP contribution >= 0.6 is 0 Å². The zero-order valence-electron chi connectivity index (χ0n) is 10.1. The first-order valence-electron chi connectivity index (χ1n) is 6.22. The summed E-state index contributed by atoms with van der Waals surface area (Å²) in [7, 11) is -3.15. The first-order chi connectivity index (χ1) is 7.46. The first kappa shape index (κ1) is 12.3. The second-order valence-electron chi connectivity index (χ2n) is 5.35. The van der Waals surface area contributed by atoms with Gasteiger partial charge in [0.2, 0.25) is 10.0 Å². The van der Waals surface area contributed by atoms with Crippen molar-refractivity contribution in [1.82, 2.24) is 10.0 Å². The van der Waals surface area contributed by atoms with Crippen molar-refractivity contribution in [3.05, 3.63) is 0 Å². The molecule has 2 atom stereocenters. The van der Waals surface area contributed by atoms with Crippen LogP contribution < -0.4 is 10.0 Å². The zero-order valence-corrected chi connectivity index (χ0v) is 10.9. The summed E-state index contributed by atoms with van der Waals surface area (Å²) >= 11 is 0. The molecule has 2 aliphatic rings. The van der Waals surface area contributed by atoms with Crippen molar-refractivity contribution < 1.29 is 8.42 Å². The standard InChI is InChI=1S/C11H22N2O2S/c1-9(2)16(14,15)13-11-6-4-3-5-10(11)12-8-7-11/h9-10,12-13H,3-8H2,1-2H3. The van der Waals surface area contributed by atoms with Gasteiger partial charge in [-0.15, -0.1) is 0 Å². The van der Waals surface area contributed by atoms with Gasteiger partial charge in [0.1, 0.15) is 0 Å². The average molecular weight is 246 g/mol. The Bertz CT molecular complexity index is 353. The number of hydrogen-bond acceptors (Lipinski definition) is 3. The van der Waals surface area contributed by atoms with E-state index in [1.165, 1.54) is 6.42 Å². The molecule has 1 saturated carbocycles. The van der Waals surface area contributed by atoms with E-state index in [2.05, 4.69) is 10.0 Å². The molecule has 2 rings (SSSR count). The summed E-state index contributed by atoms with van der Waals surface area (Å²) in [5, 5.41) is 3.09. The van der Waals surface area contributed by atoms with Crippen LogP contribution in [0.25, 0.3) is 0 Å². The van der Waals surface area contributed by atoms with Crippen molar-refractivity contribution in [3.63, 3.8) is 0 Å². The molecule has 0 amide bonds. The zero-order chi connectivity index (χ0) is 11.8. The quantitative estimate of drug-likeness (QED) is 0.781. The minimum absolute atomic E-state index is 0.193. The van der Waals surface area contributed by atoms with Gasteiger partial charge in [-0.05, 0) is 39.7 Å². The van der Waals surface area contributed by atoms with Gasteiger partial charge in [0.15, 0.2) is 0 Å². The van der Waals surface area contributed by atoms with E-state index in [9.17, 15) is 8.42 Å². The predicted molar refractivity (Wildman–Crippen MR) is 64.8 cm³/mol. The summed E-state index contributed by atoms with van der Waals surface area (Å²) in [4.78, 5) is 0. The number of fused-ring (bicyclic) bond motifs is 1. The SMILES string of the molecule is CC(C)S(=O)(=O)NC12CCCCC1NCC2. The van der Waals surface area contributed by atoms with Crippen molar-refractivity contribution in [3.8, 4) is 0 Å². The fourth-order valence-electron chi connectivity index (χ4n) is 2.88. The minimum Gasteiger partial charge on any atom is -0.312 e. The minimum atomic E-state index is -3.15. The molecular formula is C11H22N2O2S. The first-order valence-corrected chi connectivity index (χ1v) is 7.77. The lowest BCUT2D eigenvalue weighted by Crippen LogP contribution is -2.58. The van der Waals surface area contributed by atoms with Gasteiger partial charge in [-0.3, -0.25) is 0 Å².